The zero-order valence-electron chi connectivity index (χ0n) is 10.3. The Morgan fingerprint density at radius 3 is 2.00 bits per heavy atom. The van der Waals surface area contributed by atoms with Gasteiger partial charge in [0.2, 0.25) is 0 Å². The van der Waals surface area contributed by atoms with Gasteiger partial charge in [0.1, 0.15) is 0 Å². The molecule has 0 aliphatic rings. The van der Waals surface area contributed by atoms with Crippen molar-refractivity contribution in [2.24, 2.45) is 0 Å². The number of rotatable bonds is 10. The van der Waals surface area contributed by atoms with Gasteiger partial charge in [-0.1, -0.05) is 52.4 Å². The summed E-state index contributed by atoms with van der Waals surface area (Å²) in [5.74, 6) is 0. The second-order valence-corrected chi connectivity index (χ2v) is 4.05. The Bertz CT molecular complexity index is 104. The third kappa shape index (κ3) is 10.0. The zero-order chi connectivity index (χ0) is 10.6. The van der Waals surface area contributed by atoms with Crippen LogP contribution in [0.1, 0.15) is 58.8 Å². The molecule has 0 aromatic rings. The van der Waals surface area contributed by atoms with E-state index in [0.29, 0.717) is 0 Å². The summed E-state index contributed by atoms with van der Waals surface area (Å²) in [7, 11) is 2.13. The topological polar surface area (TPSA) is 15.3 Å². The van der Waals surface area contributed by atoms with Gasteiger partial charge in [0.05, 0.1) is 0 Å². The van der Waals surface area contributed by atoms with Gasteiger partial charge < -0.3 is 0 Å². The maximum absolute atomic E-state index is 3.29. The number of hydrazine groups is 1. The van der Waals surface area contributed by atoms with Crippen LogP contribution in [0.15, 0.2) is 0 Å². The molecule has 0 amide bonds. The van der Waals surface area contributed by atoms with Crippen molar-refractivity contribution in [1.29, 1.82) is 0 Å². The first-order chi connectivity index (χ1) is 6.81. The molecule has 0 bridgehead atoms. The van der Waals surface area contributed by atoms with E-state index in [9.17, 15) is 0 Å². The SMILES string of the molecule is CCCCCCCCCN(C)NCC. The van der Waals surface area contributed by atoms with E-state index in [4.69, 9.17) is 0 Å². The van der Waals surface area contributed by atoms with Crippen molar-refractivity contribution in [1.82, 2.24) is 10.4 Å². The van der Waals surface area contributed by atoms with Crippen molar-refractivity contribution in [3.8, 4) is 0 Å². The molecule has 0 radical (unpaired) electrons. The molecule has 0 fully saturated rings. The van der Waals surface area contributed by atoms with Crippen LogP contribution in [0.3, 0.4) is 0 Å². The summed E-state index contributed by atoms with van der Waals surface area (Å²) in [6.45, 7) is 6.63. The van der Waals surface area contributed by atoms with Crippen LogP contribution in [0.5, 0.6) is 0 Å². The van der Waals surface area contributed by atoms with Crippen LogP contribution in [0.2, 0.25) is 0 Å². The van der Waals surface area contributed by atoms with Crippen LogP contribution in [0.4, 0.5) is 0 Å². The second-order valence-electron chi connectivity index (χ2n) is 4.05. The lowest BCUT2D eigenvalue weighted by atomic mass is 10.1. The molecule has 0 aromatic carbocycles. The summed E-state index contributed by atoms with van der Waals surface area (Å²) in [6, 6.07) is 0. The number of hydrogen-bond donors (Lipinski definition) is 1. The van der Waals surface area contributed by atoms with Crippen molar-refractivity contribution >= 4 is 0 Å². The monoisotopic (exact) mass is 200 g/mol. The number of hydrogen-bond acceptors (Lipinski definition) is 2. The van der Waals surface area contributed by atoms with Crippen LogP contribution in [0, 0.1) is 0 Å². The van der Waals surface area contributed by atoms with E-state index < -0.39 is 0 Å². The van der Waals surface area contributed by atoms with Crippen LogP contribution in [-0.2, 0) is 0 Å². The van der Waals surface area contributed by atoms with Crippen molar-refractivity contribution in [2.45, 2.75) is 58.8 Å². The highest BCUT2D eigenvalue weighted by Gasteiger charge is 1.95. The Morgan fingerprint density at radius 1 is 0.857 bits per heavy atom. The minimum absolute atomic E-state index is 1.03. The molecule has 0 saturated heterocycles. The largest absolute Gasteiger partial charge is 0.256 e. The van der Waals surface area contributed by atoms with Gasteiger partial charge in [0.25, 0.3) is 0 Å². The molecule has 14 heavy (non-hydrogen) atoms. The lowest BCUT2D eigenvalue weighted by molar-refractivity contribution is 0.236. The van der Waals surface area contributed by atoms with Gasteiger partial charge in [-0.2, -0.15) is 0 Å². The summed E-state index contributed by atoms with van der Waals surface area (Å²) < 4.78 is 0. The lowest BCUT2D eigenvalue weighted by Crippen LogP contribution is -2.34. The number of unbranched alkanes of at least 4 members (excludes halogenated alkanes) is 6. The fourth-order valence-electron chi connectivity index (χ4n) is 1.66. The first-order valence-corrected chi connectivity index (χ1v) is 6.25. The van der Waals surface area contributed by atoms with Gasteiger partial charge in [-0.05, 0) is 6.42 Å². The first-order valence-electron chi connectivity index (χ1n) is 6.25. The van der Waals surface area contributed by atoms with Crippen molar-refractivity contribution in [2.75, 3.05) is 20.1 Å². The number of nitrogens with one attached hydrogen (secondary N) is 1. The Labute approximate surface area is 90.0 Å². The minimum Gasteiger partial charge on any atom is -0.256 e. The van der Waals surface area contributed by atoms with Gasteiger partial charge in [0.15, 0.2) is 0 Å². The van der Waals surface area contributed by atoms with Crippen molar-refractivity contribution < 1.29 is 0 Å². The van der Waals surface area contributed by atoms with E-state index in [0.717, 1.165) is 6.54 Å². The molecule has 2 nitrogen and oxygen atoms in total. The molecular weight excluding hydrogens is 172 g/mol. The quantitative estimate of drug-likeness (QED) is 0.430. The minimum atomic E-state index is 1.03. The third-order valence-electron chi connectivity index (χ3n) is 2.53. The lowest BCUT2D eigenvalue weighted by Gasteiger charge is -2.16. The van der Waals surface area contributed by atoms with E-state index >= 15 is 0 Å². The smallest absolute Gasteiger partial charge is 0.0127 e. The van der Waals surface area contributed by atoms with Gasteiger partial charge >= 0.3 is 0 Å². The average Bonchev–Trinajstić information content (AvgIpc) is 2.17. The van der Waals surface area contributed by atoms with E-state index in [2.05, 4.69) is 31.3 Å². The molecule has 0 rings (SSSR count). The van der Waals surface area contributed by atoms with Crippen molar-refractivity contribution in [3.63, 3.8) is 0 Å². The highest BCUT2D eigenvalue weighted by atomic mass is 15.5. The maximum Gasteiger partial charge on any atom is 0.0127 e. The fourth-order valence-corrected chi connectivity index (χ4v) is 1.66. The van der Waals surface area contributed by atoms with E-state index in [1.165, 1.54) is 51.5 Å². The van der Waals surface area contributed by atoms with Crippen LogP contribution >= 0.6 is 0 Å². The van der Waals surface area contributed by atoms with E-state index in [1.54, 1.807) is 0 Å². The van der Waals surface area contributed by atoms with Crippen LogP contribution < -0.4 is 5.43 Å². The maximum atomic E-state index is 3.29. The van der Waals surface area contributed by atoms with Crippen LogP contribution in [0.25, 0.3) is 0 Å². The number of nitrogens with zero attached hydrogens (tertiary/aromatic N) is 1. The molecule has 0 atom stereocenters. The van der Waals surface area contributed by atoms with Gasteiger partial charge in [-0.15, -0.1) is 0 Å². The summed E-state index contributed by atoms with van der Waals surface area (Å²) >= 11 is 0. The summed E-state index contributed by atoms with van der Waals surface area (Å²) in [6.07, 6.45) is 9.76. The Morgan fingerprint density at radius 2 is 1.43 bits per heavy atom. The molecule has 0 spiro atoms. The molecule has 86 valence electrons. The Balaban J connectivity index is 2.98. The highest BCUT2D eigenvalue weighted by Crippen LogP contribution is 2.06. The fraction of sp³-hybridized carbons (Fsp3) is 1.00. The molecule has 2 heteroatoms. The standard InChI is InChI=1S/C12H28N2/c1-4-6-7-8-9-10-11-12-14(3)13-5-2/h13H,4-12H2,1-3H3. The predicted octanol–water partition coefficient (Wildman–Crippen LogP) is 3.19. The normalized spacial score (nSPS) is 11.1. The second kappa shape index (κ2) is 11.0. The molecule has 0 aliphatic heterocycles. The molecule has 0 aromatic heterocycles. The van der Waals surface area contributed by atoms with Crippen molar-refractivity contribution in [3.05, 3.63) is 0 Å². The summed E-state index contributed by atoms with van der Waals surface area (Å²) in [5, 5.41) is 2.20. The predicted molar refractivity (Wildman–Crippen MR) is 64.3 cm³/mol. The Kier molecular flexibility index (Phi) is 10.9. The van der Waals surface area contributed by atoms with Crippen LogP contribution in [-0.4, -0.2) is 25.1 Å². The zero-order valence-corrected chi connectivity index (χ0v) is 10.3. The molecule has 0 saturated carbocycles. The highest BCUT2D eigenvalue weighted by molar-refractivity contribution is 4.48. The Hall–Kier alpha value is -0.0800. The third-order valence-corrected chi connectivity index (χ3v) is 2.53. The van der Waals surface area contributed by atoms with Gasteiger partial charge in [-0.25, -0.2) is 5.01 Å². The molecule has 0 heterocycles. The van der Waals surface area contributed by atoms with E-state index in [1.807, 2.05) is 0 Å². The molecule has 0 unspecified atom stereocenters. The molecule has 0 aliphatic carbocycles. The van der Waals surface area contributed by atoms with Gasteiger partial charge in [-0.3, -0.25) is 5.43 Å². The first kappa shape index (κ1) is 13.9. The summed E-state index contributed by atoms with van der Waals surface area (Å²) in [5.41, 5.74) is 3.29. The van der Waals surface area contributed by atoms with E-state index in [-0.39, 0.29) is 0 Å². The molecule has 1 N–H and O–H groups in total. The molecular formula is C12H28N2. The average molecular weight is 200 g/mol. The van der Waals surface area contributed by atoms with Gasteiger partial charge in [0, 0.05) is 20.1 Å². The summed E-state index contributed by atoms with van der Waals surface area (Å²) in [4.78, 5) is 0.